The van der Waals surface area contributed by atoms with Crippen molar-refractivity contribution in [1.82, 2.24) is 0 Å². The van der Waals surface area contributed by atoms with Crippen molar-refractivity contribution < 1.29 is 14.5 Å². The number of carbonyl (C=O) groups excluding carboxylic acids is 1. The molecule has 0 aliphatic rings. The summed E-state index contributed by atoms with van der Waals surface area (Å²) in [6.45, 7) is -0.0454. The van der Waals surface area contributed by atoms with E-state index >= 15 is 0 Å². The van der Waals surface area contributed by atoms with Crippen LogP contribution in [-0.4, -0.2) is 18.0 Å². The standard InChI is InChI=1S/C11H11N3O4/c1-18-10(15)4-9-7(5-12)2-3-8(6-13)11(9)14(16)17/h2-3H,4,6,13H2,1H3. The van der Waals surface area contributed by atoms with Crippen LogP contribution in [0.25, 0.3) is 0 Å². The van der Waals surface area contributed by atoms with Crippen LogP contribution >= 0.6 is 0 Å². The van der Waals surface area contributed by atoms with Gasteiger partial charge >= 0.3 is 5.97 Å². The molecule has 2 N–H and O–H groups in total. The maximum Gasteiger partial charge on any atom is 0.310 e. The van der Waals surface area contributed by atoms with Gasteiger partial charge in [-0.15, -0.1) is 0 Å². The first-order valence-electron chi connectivity index (χ1n) is 5.01. The number of nitro groups is 1. The minimum absolute atomic E-state index is 0.0392. The van der Waals surface area contributed by atoms with Crippen molar-refractivity contribution in [3.63, 3.8) is 0 Å². The molecule has 0 radical (unpaired) electrons. The van der Waals surface area contributed by atoms with Crippen molar-refractivity contribution >= 4 is 11.7 Å². The van der Waals surface area contributed by atoms with Crippen LogP contribution in [-0.2, 0) is 22.5 Å². The van der Waals surface area contributed by atoms with Crippen molar-refractivity contribution in [2.75, 3.05) is 7.11 Å². The number of carbonyl (C=O) groups is 1. The normalized spacial score (nSPS) is 9.61. The van der Waals surface area contributed by atoms with E-state index in [0.717, 1.165) is 0 Å². The molecule has 0 saturated heterocycles. The Morgan fingerprint density at radius 1 is 1.61 bits per heavy atom. The number of ether oxygens (including phenoxy) is 1. The number of nitro benzene ring substituents is 1. The lowest BCUT2D eigenvalue weighted by Crippen LogP contribution is -2.11. The molecule has 0 amide bonds. The highest BCUT2D eigenvalue weighted by Gasteiger charge is 2.24. The molecule has 0 heterocycles. The predicted molar refractivity (Wildman–Crippen MR) is 61.4 cm³/mol. The van der Waals surface area contributed by atoms with Crippen LogP contribution in [0.4, 0.5) is 5.69 Å². The number of hydrogen-bond donors (Lipinski definition) is 1. The maximum absolute atomic E-state index is 11.2. The summed E-state index contributed by atoms with van der Waals surface area (Å²) in [7, 11) is 1.17. The molecule has 0 unspecified atom stereocenters. The van der Waals surface area contributed by atoms with Gasteiger partial charge in [0.05, 0.1) is 35.7 Å². The smallest absolute Gasteiger partial charge is 0.310 e. The molecule has 0 aliphatic heterocycles. The molecule has 94 valence electrons. The average Bonchev–Trinajstić information content (AvgIpc) is 2.37. The van der Waals surface area contributed by atoms with Crippen LogP contribution in [0.1, 0.15) is 16.7 Å². The highest BCUT2D eigenvalue weighted by Crippen LogP contribution is 2.27. The molecule has 0 spiro atoms. The van der Waals surface area contributed by atoms with Crippen molar-refractivity contribution in [3.8, 4) is 6.07 Å². The molecule has 1 aromatic carbocycles. The van der Waals surface area contributed by atoms with Gasteiger partial charge in [-0.2, -0.15) is 5.26 Å². The highest BCUT2D eigenvalue weighted by molar-refractivity contribution is 5.76. The summed E-state index contributed by atoms with van der Waals surface area (Å²) >= 11 is 0. The van der Waals surface area contributed by atoms with Crippen LogP contribution in [0.15, 0.2) is 12.1 Å². The highest BCUT2D eigenvalue weighted by atomic mass is 16.6. The summed E-state index contributed by atoms with van der Waals surface area (Å²) < 4.78 is 4.46. The van der Waals surface area contributed by atoms with E-state index in [-0.39, 0.29) is 35.3 Å². The largest absolute Gasteiger partial charge is 0.469 e. The number of nitriles is 1. The average molecular weight is 249 g/mol. The van der Waals surface area contributed by atoms with Crippen molar-refractivity contribution in [2.24, 2.45) is 5.73 Å². The van der Waals surface area contributed by atoms with Crippen molar-refractivity contribution in [1.29, 1.82) is 5.26 Å². The van der Waals surface area contributed by atoms with E-state index in [0.29, 0.717) is 0 Å². The number of nitrogens with two attached hydrogens (primary N) is 1. The zero-order valence-corrected chi connectivity index (χ0v) is 9.67. The topological polar surface area (TPSA) is 119 Å². The van der Waals surface area contributed by atoms with Gasteiger partial charge in [-0.25, -0.2) is 0 Å². The second-order valence-corrected chi connectivity index (χ2v) is 3.43. The Hall–Kier alpha value is -2.46. The molecule has 0 aliphatic carbocycles. The summed E-state index contributed by atoms with van der Waals surface area (Å²) in [5.41, 5.74) is 5.51. The minimum atomic E-state index is -0.649. The van der Waals surface area contributed by atoms with Gasteiger partial charge in [-0.3, -0.25) is 14.9 Å². The Morgan fingerprint density at radius 2 is 2.28 bits per heavy atom. The Balaban J connectivity index is 3.46. The van der Waals surface area contributed by atoms with Crippen molar-refractivity contribution in [3.05, 3.63) is 38.9 Å². The van der Waals surface area contributed by atoms with E-state index in [1.54, 1.807) is 0 Å². The molecule has 7 heteroatoms. The van der Waals surface area contributed by atoms with Crippen LogP contribution in [0.3, 0.4) is 0 Å². The fraction of sp³-hybridized carbons (Fsp3) is 0.273. The third kappa shape index (κ3) is 2.61. The molecular weight excluding hydrogens is 238 g/mol. The number of hydrogen-bond acceptors (Lipinski definition) is 6. The first-order valence-corrected chi connectivity index (χ1v) is 5.01. The van der Waals surface area contributed by atoms with E-state index in [2.05, 4.69) is 4.74 Å². The van der Waals surface area contributed by atoms with Gasteiger partial charge in [0.25, 0.3) is 5.69 Å². The van der Waals surface area contributed by atoms with E-state index in [1.165, 1.54) is 19.2 Å². The zero-order valence-electron chi connectivity index (χ0n) is 9.67. The van der Waals surface area contributed by atoms with Crippen LogP contribution < -0.4 is 5.73 Å². The van der Waals surface area contributed by atoms with Crippen LogP contribution in [0, 0.1) is 21.4 Å². The fourth-order valence-electron chi connectivity index (χ4n) is 1.58. The molecule has 7 nitrogen and oxygen atoms in total. The fourth-order valence-corrected chi connectivity index (χ4v) is 1.58. The first kappa shape index (κ1) is 13.6. The van der Waals surface area contributed by atoms with Gasteiger partial charge in [0.1, 0.15) is 0 Å². The lowest BCUT2D eigenvalue weighted by atomic mass is 9.99. The summed E-state index contributed by atoms with van der Waals surface area (Å²) in [4.78, 5) is 21.6. The molecule has 0 aromatic heterocycles. The summed E-state index contributed by atoms with van der Waals surface area (Å²) in [5.74, 6) is -0.649. The van der Waals surface area contributed by atoms with Crippen LogP contribution in [0.2, 0.25) is 0 Å². The monoisotopic (exact) mass is 249 g/mol. The SMILES string of the molecule is COC(=O)Cc1c(C#N)ccc(CN)c1[N+](=O)[O-]. The van der Waals surface area contributed by atoms with E-state index in [9.17, 15) is 14.9 Å². The summed E-state index contributed by atoms with van der Waals surface area (Å²) in [6, 6.07) is 4.64. The predicted octanol–water partition coefficient (Wildman–Crippen LogP) is 0.641. The number of benzene rings is 1. The molecular formula is C11H11N3O4. The first-order chi connectivity index (χ1) is 8.54. The molecule has 1 rings (SSSR count). The van der Waals surface area contributed by atoms with E-state index < -0.39 is 10.9 Å². The number of esters is 1. The second-order valence-electron chi connectivity index (χ2n) is 3.43. The van der Waals surface area contributed by atoms with Gasteiger partial charge in [0.2, 0.25) is 0 Å². The minimum Gasteiger partial charge on any atom is -0.469 e. The number of methoxy groups -OCH3 is 1. The Bertz CT molecular complexity index is 534. The van der Waals surface area contributed by atoms with Gasteiger partial charge in [0.15, 0.2) is 0 Å². The quantitative estimate of drug-likeness (QED) is 0.475. The van der Waals surface area contributed by atoms with E-state index in [4.69, 9.17) is 11.0 Å². The third-order valence-corrected chi connectivity index (χ3v) is 2.44. The lowest BCUT2D eigenvalue weighted by Gasteiger charge is -2.07. The molecule has 0 saturated carbocycles. The van der Waals surface area contributed by atoms with Gasteiger partial charge in [-0.05, 0) is 12.1 Å². The third-order valence-electron chi connectivity index (χ3n) is 2.44. The zero-order chi connectivity index (χ0) is 13.7. The van der Waals surface area contributed by atoms with E-state index in [1.807, 2.05) is 6.07 Å². The molecule has 1 aromatic rings. The van der Waals surface area contributed by atoms with Gasteiger partial charge in [-0.1, -0.05) is 0 Å². The number of nitrogens with zero attached hydrogens (tertiary/aromatic N) is 2. The number of rotatable bonds is 4. The Morgan fingerprint density at radius 3 is 2.72 bits per heavy atom. The molecule has 18 heavy (non-hydrogen) atoms. The van der Waals surface area contributed by atoms with Gasteiger partial charge < -0.3 is 10.5 Å². The summed E-state index contributed by atoms with van der Waals surface area (Å²) in [5, 5.41) is 19.9. The van der Waals surface area contributed by atoms with Crippen LogP contribution in [0.5, 0.6) is 0 Å². The summed E-state index contributed by atoms with van der Waals surface area (Å²) in [6.07, 6.45) is -0.330. The lowest BCUT2D eigenvalue weighted by molar-refractivity contribution is -0.386. The second kappa shape index (κ2) is 5.75. The Labute approximate surface area is 103 Å². The maximum atomic E-state index is 11.2. The molecule has 0 bridgehead atoms. The van der Waals surface area contributed by atoms with Crippen molar-refractivity contribution in [2.45, 2.75) is 13.0 Å². The van der Waals surface area contributed by atoms with Gasteiger partial charge in [0, 0.05) is 12.1 Å². The Kier molecular flexibility index (Phi) is 4.34. The molecule has 0 atom stereocenters. The molecule has 0 fully saturated rings.